The lowest BCUT2D eigenvalue weighted by molar-refractivity contribution is -0.123. The number of hydrogen-bond donors (Lipinski definition) is 1. The van der Waals surface area contributed by atoms with Crippen molar-refractivity contribution in [3.05, 3.63) is 39.3 Å². The van der Waals surface area contributed by atoms with Gasteiger partial charge in [0.05, 0.1) is 21.6 Å². The lowest BCUT2D eigenvalue weighted by atomic mass is 9.85. The van der Waals surface area contributed by atoms with Crippen LogP contribution < -0.4 is 11.3 Å². The highest BCUT2D eigenvalue weighted by molar-refractivity contribution is 6.37. The number of fused-ring (bicyclic) bond motifs is 3. The van der Waals surface area contributed by atoms with Gasteiger partial charge in [-0.25, -0.2) is 0 Å². The van der Waals surface area contributed by atoms with Crippen molar-refractivity contribution in [1.82, 2.24) is 9.72 Å². The maximum absolute atomic E-state index is 13.2. The normalized spacial score (nSPS) is 21.0. The second kappa shape index (κ2) is 5.88. The van der Waals surface area contributed by atoms with Crippen LogP contribution in [0.15, 0.2) is 27.5 Å². The molecular weight excluding hydrogens is 342 g/mol. The molecule has 130 valence electrons. The minimum absolute atomic E-state index is 0.0987. The van der Waals surface area contributed by atoms with Crippen molar-refractivity contribution in [3.63, 3.8) is 0 Å². The fraction of sp³-hybridized carbons (Fsp3) is 0.389. The number of carbonyl (C=O) groups excluding carboxylic acids is 1. The molecule has 1 aliphatic rings. The number of pyridine rings is 1. The summed E-state index contributed by atoms with van der Waals surface area (Å²) in [5.41, 5.74) is 7.02. The molecule has 1 aliphatic carbocycles. The van der Waals surface area contributed by atoms with Crippen molar-refractivity contribution >= 4 is 39.4 Å². The average molecular weight is 360 g/mol. The topological polar surface area (TPSA) is 91.1 Å². The smallest absolute Gasteiger partial charge is 0.264 e. The molecule has 4 rings (SSSR count). The van der Waals surface area contributed by atoms with Crippen LogP contribution in [0.2, 0.25) is 5.02 Å². The minimum atomic E-state index is -0.303. The highest BCUT2D eigenvalue weighted by atomic mass is 35.5. The fourth-order valence-electron chi connectivity index (χ4n) is 3.98. The number of nitrogens with two attached hydrogens (primary N) is 1. The van der Waals surface area contributed by atoms with E-state index in [1.54, 1.807) is 17.6 Å². The molecule has 1 amide bonds. The Balaban J connectivity index is 2.03. The van der Waals surface area contributed by atoms with E-state index in [0.717, 1.165) is 19.3 Å². The van der Waals surface area contributed by atoms with E-state index in [1.807, 2.05) is 12.1 Å². The van der Waals surface area contributed by atoms with Gasteiger partial charge in [0, 0.05) is 12.0 Å². The first-order valence-corrected chi connectivity index (χ1v) is 8.75. The molecule has 1 saturated carbocycles. The lowest BCUT2D eigenvalue weighted by Gasteiger charge is -2.30. The van der Waals surface area contributed by atoms with E-state index >= 15 is 0 Å². The van der Waals surface area contributed by atoms with Gasteiger partial charge in [0.2, 0.25) is 5.91 Å². The number of aromatic nitrogens is 2. The summed E-state index contributed by atoms with van der Waals surface area (Å²) in [5.74, 6) is -0.513. The fourth-order valence-corrected chi connectivity index (χ4v) is 4.24. The molecule has 1 fully saturated rings. The van der Waals surface area contributed by atoms with Crippen LogP contribution in [-0.2, 0) is 4.79 Å². The summed E-state index contributed by atoms with van der Waals surface area (Å²) in [7, 11) is 0. The van der Waals surface area contributed by atoms with E-state index in [2.05, 4.69) is 5.16 Å². The molecule has 0 bridgehead atoms. The number of halogens is 1. The number of nitrogens with zero attached hydrogens (tertiary/aromatic N) is 2. The zero-order chi connectivity index (χ0) is 17.7. The van der Waals surface area contributed by atoms with Crippen molar-refractivity contribution in [2.45, 2.75) is 38.6 Å². The summed E-state index contributed by atoms with van der Waals surface area (Å²) < 4.78 is 7.16. The van der Waals surface area contributed by atoms with Gasteiger partial charge in [-0.1, -0.05) is 29.2 Å². The van der Waals surface area contributed by atoms with Crippen LogP contribution in [0.4, 0.5) is 0 Å². The van der Waals surface area contributed by atoms with Gasteiger partial charge in [0.15, 0.2) is 5.58 Å². The molecular formula is C18H18ClN3O3. The van der Waals surface area contributed by atoms with Gasteiger partial charge in [-0.2, -0.15) is 0 Å². The summed E-state index contributed by atoms with van der Waals surface area (Å²) in [6.45, 7) is 1.74. The second-order valence-electron chi connectivity index (χ2n) is 6.70. The number of carbonyl (C=O) groups is 1. The van der Waals surface area contributed by atoms with Crippen LogP contribution in [0, 0.1) is 12.8 Å². The van der Waals surface area contributed by atoms with Gasteiger partial charge in [-0.15, -0.1) is 0 Å². The standard InChI is InChI=1S/C18H18ClN3O3/c1-9-14-16(25-21-9)15-12(19)6-3-7-13(15)22(18(14)24)11-5-2-4-10(8-11)17(20)23/h3,6-7,10-11H,2,4-5,8H2,1H3,(H2,20,23). The number of amides is 1. The maximum atomic E-state index is 13.2. The number of hydrogen-bond acceptors (Lipinski definition) is 4. The maximum Gasteiger partial charge on any atom is 0.264 e. The Morgan fingerprint density at radius 3 is 2.92 bits per heavy atom. The van der Waals surface area contributed by atoms with Crippen LogP contribution >= 0.6 is 11.6 Å². The third-order valence-electron chi connectivity index (χ3n) is 5.19. The minimum Gasteiger partial charge on any atom is -0.369 e. The molecule has 0 saturated heterocycles. The first-order chi connectivity index (χ1) is 12.0. The molecule has 7 heteroatoms. The van der Waals surface area contributed by atoms with Crippen molar-refractivity contribution in [2.75, 3.05) is 0 Å². The van der Waals surface area contributed by atoms with Crippen LogP contribution in [0.1, 0.15) is 37.4 Å². The van der Waals surface area contributed by atoms with Crippen molar-refractivity contribution in [2.24, 2.45) is 11.7 Å². The molecule has 2 heterocycles. The number of rotatable bonds is 2. The van der Waals surface area contributed by atoms with E-state index < -0.39 is 0 Å². The molecule has 2 aromatic heterocycles. The Labute approximate surface area is 148 Å². The first-order valence-electron chi connectivity index (χ1n) is 8.37. The summed E-state index contributed by atoms with van der Waals surface area (Å²) in [6, 6.07) is 5.33. The zero-order valence-corrected chi connectivity index (χ0v) is 14.5. The van der Waals surface area contributed by atoms with Gasteiger partial charge in [0.1, 0.15) is 5.39 Å². The highest BCUT2D eigenvalue weighted by Gasteiger charge is 2.30. The number of primary amides is 1. The quantitative estimate of drug-likeness (QED) is 0.759. The van der Waals surface area contributed by atoms with E-state index in [0.29, 0.717) is 39.0 Å². The second-order valence-corrected chi connectivity index (χ2v) is 7.11. The molecule has 2 atom stereocenters. The Bertz CT molecular complexity index is 1050. The van der Waals surface area contributed by atoms with E-state index in [9.17, 15) is 9.59 Å². The van der Waals surface area contributed by atoms with Crippen molar-refractivity contribution in [1.29, 1.82) is 0 Å². The largest absolute Gasteiger partial charge is 0.369 e. The van der Waals surface area contributed by atoms with E-state index in [4.69, 9.17) is 21.9 Å². The Morgan fingerprint density at radius 1 is 1.36 bits per heavy atom. The van der Waals surface area contributed by atoms with Gasteiger partial charge < -0.3 is 14.8 Å². The Kier molecular flexibility index (Phi) is 3.80. The predicted octanol–water partition coefficient (Wildman–Crippen LogP) is 3.32. The molecule has 1 aromatic carbocycles. The zero-order valence-electron chi connectivity index (χ0n) is 13.8. The number of aryl methyl sites for hydroxylation is 1. The molecule has 0 aliphatic heterocycles. The lowest BCUT2D eigenvalue weighted by Crippen LogP contribution is -2.33. The van der Waals surface area contributed by atoms with Gasteiger partial charge in [-0.3, -0.25) is 9.59 Å². The van der Waals surface area contributed by atoms with Crippen LogP contribution in [-0.4, -0.2) is 15.6 Å². The van der Waals surface area contributed by atoms with Crippen molar-refractivity contribution in [3.8, 4) is 0 Å². The van der Waals surface area contributed by atoms with Gasteiger partial charge in [0.25, 0.3) is 5.56 Å². The summed E-state index contributed by atoms with van der Waals surface area (Å²) in [4.78, 5) is 24.9. The van der Waals surface area contributed by atoms with Crippen LogP contribution in [0.3, 0.4) is 0 Å². The van der Waals surface area contributed by atoms with E-state index in [1.165, 1.54) is 0 Å². The Morgan fingerprint density at radius 2 is 2.16 bits per heavy atom. The first kappa shape index (κ1) is 16.1. The third kappa shape index (κ3) is 2.43. The van der Waals surface area contributed by atoms with Crippen LogP contribution in [0.25, 0.3) is 21.9 Å². The Hall–Kier alpha value is -2.34. The predicted molar refractivity (Wildman–Crippen MR) is 95.7 cm³/mol. The molecule has 2 N–H and O–H groups in total. The summed E-state index contributed by atoms with van der Waals surface area (Å²) in [6.07, 6.45) is 3.01. The third-order valence-corrected chi connectivity index (χ3v) is 5.50. The summed E-state index contributed by atoms with van der Waals surface area (Å²) >= 11 is 6.41. The molecule has 25 heavy (non-hydrogen) atoms. The number of benzene rings is 1. The SMILES string of the molecule is Cc1noc2c1c(=O)n(C1CCCC(C(N)=O)C1)c1cccc(Cl)c21. The molecule has 6 nitrogen and oxygen atoms in total. The highest BCUT2D eigenvalue weighted by Crippen LogP contribution is 2.37. The van der Waals surface area contributed by atoms with Crippen molar-refractivity contribution < 1.29 is 9.32 Å². The molecule has 3 aromatic rings. The van der Waals surface area contributed by atoms with Gasteiger partial charge in [-0.05, 0) is 38.3 Å². The van der Waals surface area contributed by atoms with Gasteiger partial charge >= 0.3 is 0 Å². The molecule has 2 unspecified atom stereocenters. The monoisotopic (exact) mass is 359 g/mol. The molecule has 0 spiro atoms. The molecule has 0 radical (unpaired) electrons. The average Bonchev–Trinajstić information content (AvgIpc) is 2.97. The van der Waals surface area contributed by atoms with E-state index in [-0.39, 0.29) is 23.4 Å². The van der Waals surface area contributed by atoms with Crippen LogP contribution in [0.5, 0.6) is 0 Å². The summed E-state index contributed by atoms with van der Waals surface area (Å²) in [5, 5.41) is 5.59.